The summed E-state index contributed by atoms with van der Waals surface area (Å²) in [7, 11) is 0. The van der Waals surface area contributed by atoms with E-state index in [-0.39, 0.29) is 12.1 Å². The average Bonchev–Trinajstić information content (AvgIpc) is 2.67. The fourth-order valence-corrected chi connectivity index (χ4v) is 3.97. The number of hydrogen-bond donors (Lipinski definition) is 1. The van der Waals surface area contributed by atoms with E-state index >= 15 is 0 Å². The second-order valence-electron chi connectivity index (χ2n) is 6.87. The highest BCUT2D eigenvalue weighted by Crippen LogP contribution is 2.38. The van der Waals surface area contributed by atoms with Crippen molar-refractivity contribution in [2.75, 3.05) is 11.9 Å². The molecule has 1 N–H and O–H groups in total. The van der Waals surface area contributed by atoms with Gasteiger partial charge in [0.1, 0.15) is 0 Å². The fourth-order valence-electron chi connectivity index (χ4n) is 3.74. The lowest BCUT2D eigenvalue weighted by molar-refractivity contribution is 0.194. The van der Waals surface area contributed by atoms with Crippen LogP contribution in [0, 0.1) is 6.92 Å². The molecule has 3 aromatic rings. The van der Waals surface area contributed by atoms with E-state index in [1.165, 1.54) is 5.56 Å². The maximum absolute atomic E-state index is 13.2. The van der Waals surface area contributed by atoms with Crippen LogP contribution in [-0.4, -0.2) is 17.5 Å². The van der Waals surface area contributed by atoms with Crippen LogP contribution in [0.25, 0.3) is 0 Å². The summed E-state index contributed by atoms with van der Waals surface area (Å²) in [5, 5.41) is 3.72. The minimum atomic E-state index is -0.201. The van der Waals surface area contributed by atoms with E-state index in [0.717, 1.165) is 28.8 Å². The Morgan fingerprint density at radius 1 is 1.00 bits per heavy atom. The molecule has 0 saturated heterocycles. The first-order valence-electron chi connectivity index (χ1n) is 9.10. The number of anilines is 1. The highest BCUT2D eigenvalue weighted by Gasteiger charge is 2.33. The third kappa shape index (κ3) is 3.56. The molecule has 0 radical (unpaired) electrons. The highest BCUT2D eigenvalue weighted by molar-refractivity contribution is 6.31. The zero-order valence-corrected chi connectivity index (χ0v) is 15.9. The van der Waals surface area contributed by atoms with Crippen molar-refractivity contribution in [2.24, 2.45) is 0 Å². The van der Waals surface area contributed by atoms with Gasteiger partial charge in [0.15, 0.2) is 0 Å². The number of rotatable bonds is 2. The van der Waals surface area contributed by atoms with Crippen LogP contribution in [0.5, 0.6) is 0 Å². The van der Waals surface area contributed by atoms with E-state index in [9.17, 15) is 4.79 Å². The number of urea groups is 1. The van der Waals surface area contributed by atoms with E-state index < -0.39 is 0 Å². The summed E-state index contributed by atoms with van der Waals surface area (Å²) in [4.78, 5) is 15.0. The number of nitrogens with one attached hydrogen (secondary N) is 1. The molecule has 1 heterocycles. The van der Waals surface area contributed by atoms with Crippen molar-refractivity contribution in [3.8, 4) is 0 Å². The molecule has 1 atom stereocenters. The molecule has 0 aromatic heterocycles. The Hall–Kier alpha value is -2.78. The summed E-state index contributed by atoms with van der Waals surface area (Å²) in [5.74, 6) is 0. The van der Waals surface area contributed by atoms with Gasteiger partial charge in [-0.25, -0.2) is 4.79 Å². The maximum Gasteiger partial charge on any atom is 0.322 e. The van der Waals surface area contributed by atoms with Crippen LogP contribution < -0.4 is 5.32 Å². The molecule has 1 aliphatic heterocycles. The Morgan fingerprint density at radius 2 is 1.74 bits per heavy atom. The van der Waals surface area contributed by atoms with E-state index in [1.807, 2.05) is 72.5 Å². The van der Waals surface area contributed by atoms with Gasteiger partial charge in [0, 0.05) is 17.3 Å². The summed E-state index contributed by atoms with van der Waals surface area (Å²) in [5.41, 5.74) is 5.26. The number of halogens is 1. The lowest BCUT2D eigenvalue weighted by Crippen LogP contribution is -2.43. The second kappa shape index (κ2) is 7.45. The number of carbonyl (C=O) groups is 1. The Bertz CT molecular complexity index is 985. The predicted octanol–water partition coefficient (Wildman–Crippen LogP) is 5.83. The van der Waals surface area contributed by atoms with Crippen LogP contribution in [0.2, 0.25) is 5.02 Å². The van der Waals surface area contributed by atoms with Crippen molar-refractivity contribution in [3.05, 3.63) is 100 Å². The van der Waals surface area contributed by atoms with Gasteiger partial charge in [-0.3, -0.25) is 0 Å². The monoisotopic (exact) mass is 376 g/mol. The first-order chi connectivity index (χ1) is 13.1. The molecule has 0 spiro atoms. The van der Waals surface area contributed by atoms with Crippen molar-refractivity contribution in [1.82, 2.24) is 4.90 Å². The van der Waals surface area contributed by atoms with Gasteiger partial charge in [0.05, 0.1) is 6.04 Å². The molecule has 4 rings (SSSR count). The topological polar surface area (TPSA) is 32.3 Å². The van der Waals surface area contributed by atoms with Gasteiger partial charge >= 0.3 is 6.03 Å². The Morgan fingerprint density at radius 3 is 2.52 bits per heavy atom. The molecule has 3 aromatic carbocycles. The van der Waals surface area contributed by atoms with E-state index in [1.54, 1.807) is 0 Å². The number of benzene rings is 3. The molecule has 0 aliphatic carbocycles. The summed E-state index contributed by atoms with van der Waals surface area (Å²) in [6.07, 6.45) is 0.832. The number of fused-ring (bicyclic) bond motifs is 1. The standard InChI is InChI=1S/C23H21ClN2O/c1-16-7-6-9-18(15-16)25-23(27)26-14-13-17-8-2-3-10-19(17)22(26)20-11-4-5-12-21(20)24/h2-12,15,22H,13-14H2,1H3,(H,25,27)/t22-/m0/s1. The van der Waals surface area contributed by atoms with Crippen LogP contribution in [0.3, 0.4) is 0 Å². The molecule has 0 bridgehead atoms. The second-order valence-corrected chi connectivity index (χ2v) is 7.27. The molecule has 0 unspecified atom stereocenters. The van der Waals surface area contributed by atoms with Crippen LogP contribution in [0.4, 0.5) is 10.5 Å². The predicted molar refractivity (Wildman–Crippen MR) is 110 cm³/mol. The lowest BCUT2D eigenvalue weighted by Gasteiger charge is -2.38. The molecule has 3 nitrogen and oxygen atoms in total. The fraction of sp³-hybridized carbons (Fsp3) is 0.174. The van der Waals surface area contributed by atoms with Gasteiger partial charge in [-0.2, -0.15) is 0 Å². The van der Waals surface area contributed by atoms with E-state index in [4.69, 9.17) is 11.6 Å². The minimum absolute atomic E-state index is 0.111. The Kier molecular flexibility index (Phi) is 4.87. The molecule has 2 amide bonds. The summed E-state index contributed by atoms with van der Waals surface area (Å²) < 4.78 is 0. The molecule has 0 saturated carbocycles. The SMILES string of the molecule is Cc1cccc(NC(=O)N2CCc3ccccc3[C@H]2c2ccccc2Cl)c1. The van der Waals surface area contributed by atoms with Crippen LogP contribution >= 0.6 is 11.6 Å². The number of carbonyl (C=O) groups excluding carboxylic acids is 1. The van der Waals surface area contributed by atoms with Crippen molar-refractivity contribution in [2.45, 2.75) is 19.4 Å². The third-order valence-electron chi connectivity index (χ3n) is 5.01. The molecule has 136 valence electrons. The number of aryl methyl sites for hydroxylation is 1. The van der Waals surface area contributed by atoms with E-state index in [2.05, 4.69) is 17.4 Å². The van der Waals surface area contributed by atoms with Crippen LogP contribution in [0.1, 0.15) is 28.3 Å². The Balaban J connectivity index is 1.72. The van der Waals surface area contributed by atoms with Gasteiger partial charge in [0.2, 0.25) is 0 Å². The number of nitrogens with zero attached hydrogens (tertiary/aromatic N) is 1. The average molecular weight is 377 g/mol. The van der Waals surface area contributed by atoms with Crippen molar-refractivity contribution in [3.63, 3.8) is 0 Å². The van der Waals surface area contributed by atoms with Gasteiger partial charge in [-0.15, -0.1) is 0 Å². The summed E-state index contributed by atoms with van der Waals surface area (Å²) in [6, 6.07) is 23.6. The first-order valence-corrected chi connectivity index (χ1v) is 9.48. The maximum atomic E-state index is 13.2. The van der Waals surface area contributed by atoms with Gasteiger partial charge in [-0.05, 0) is 53.8 Å². The van der Waals surface area contributed by atoms with Crippen LogP contribution in [0.15, 0.2) is 72.8 Å². The molecular formula is C23H21ClN2O. The summed E-state index contributed by atoms with van der Waals surface area (Å²) in [6.45, 7) is 2.66. The molecule has 1 aliphatic rings. The largest absolute Gasteiger partial charge is 0.322 e. The van der Waals surface area contributed by atoms with Gasteiger partial charge in [0.25, 0.3) is 0 Å². The van der Waals surface area contributed by atoms with Crippen LogP contribution in [-0.2, 0) is 6.42 Å². The lowest BCUT2D eigenvalue weighted by atomic mass is 9.88. The molecular weight excluding hydrogens is 356 g/mol. The Labute approximate surface area is 164 Å². The quantitative estimate of drug-likeness (QED) is 0.599. The van der Waals surface area contributed by atoms with Gasteiger partial charge < -0.3 is 10.2 Å². The van der Waals surface area contributed by atoms with Gasteiger partial charge in [-0.1, -0.05) is 66.2 Å². The summed E-state index contributed by atoms with van der Waals surface area (Å²) >= 11 is 6.52. The normalized spacial score (nSPS) is 15.9. The third-order valence-corrected chi connectivity index (χ3v) is 5.36. The van der Waals surface area contributed by atoms with E-state index in [0.29, 0.717) is 11.6 Å². The molecule has 27 heavy (non-hydrogen) atoms. The minimum Gasteiger partial charge on any atom is -0.313 e. The van der Waals surface area contributed by atoms with Crippen molar-refractivity contribution in [1.29, 1.82) is 0 Å². The highest BCUT2D eigenvalue weighted by atomic mass is 35.5. The van der Waals surface area contributed by atoms with Crippen molar-refractivity contribution >= 4 is 23.3 Å². The zero-order chi connectivity index (χ0) is 18.8. The van der Waals surface area contributed by atoms with Crippen molar-refractivity contribution < 1.29 is 4.79 Å². The zero-order valence-electron chi connectivity index (χ0n) is 15.2. The number of amides is 2. The molecule has 4 heteroatoms. The number of hydrogen-bond acceptors (Lipinski definition) is 1. The molecule has 0 fully saturated rings. The first kappa shape index (κ1) is 17.6. The smallest absolute Gasteiger partial charge is 0.313 e.